The maximum atomic E-state index is 12.3. The topological polar surface area (TPSA) is 93.4 Å². The summed E-state index contributed by atoms with van der Waals surface area (Å²) in [7, 11) is 0. The summed E-state index contributed by atoms with van der Waals surface area (Å²) >= 11 is 0. The summed E-state index contributed by atoms with van der Waals surface area (Å²) in [4.78, 5) is 23.7. The minimum absolute atomic E-state index is 0.206. The van der Waals surface area contributed by atoms with E-state index in [9.17, 15) is 9.59 Å². The smallest absolute Gasteiger partial charge is 0.274 e. The number of benzene rings is 2. The molecule has 1 atom stereocenters. The van der Waals surface area contributed by atoms with Crippen molar-refractivity contribution in [1.29, 1.82) is 0 Å². The molecule has 2 aromatic carbocycles. The second-order valence-electron chi connectivity index (χ2n) is 5.49. The van der Waals surface area contributed by atoms with Crippen molar-refractivity contribution in [1.82, 2.24) is 5.43 Å². The molecule has 0 bridgehead atoms. The van der Waals surface area contributed by atoms with Gasteiger partial charge in [0.25, 0.3) is 11.8 Å². The number of anilines is 1. The highest BCUT2D eigenvalue weighted by Crippen LogP contribution is 2.20. The van der Waals surface area contributed by atoms with Crippen molar-refractivity contribution in [3.8, 4) is 5.75 Å². The lowest BCUT2D eigenvalue weighted by molar-refractivity contribution is -0.127. The molecule has 0 saturated heterocycles. The molecule has 6 heteroatoms. The van der Waals surface area contributed by atoms with E-state index in [1.54, 1.807) is 31.2 Å². The maximum Gasteiger partial charge on any atom is 0.274 e. The Morgan fingerprint density at radius 3 is 2.38 bits per heavy atom. The standard InChI is InChI=1S/C18H21N3O3/c1-11-5-4-6-16(12(11)2)20-18(23)14-7-9-15(10-8-14)24-13(3)17(22)21-19/h4-10,13H,19H2,1-3H3,(H,20,23)(H,21,22)/t13-/m1/s1. The molecule has 0 heterocycles. The zero-order valence-corrected chi connectivity index (χ0v) is 13.9. The van der Waals surface area contributed by atoms with Crippen LogP contribution in [0.4, 0.5) is 5.69 Å². The molecular formula is C18H21N3O3. The Kier molecular flexibility index (Phi) is 5.55. The van der Waals surface area contributed by atoms with Crippen LogP contribution in [0.15, 0.2) is 42.5 Å². The molecular weight excluding hydrogens is 306 g/mol. The van der Waals surface area contributed by atoms with E-state index in [2.05, 4.69) is 5.32 Å². The molecule has 4 N–H and O–H groups in total. The van der Waals surface area contributed by atoms with Gasteiger partial charge in [-0.05, 0) is 62.2 Å². The number of carbonyl (C=O) groups excluding carboxylic acids is 2. The average Bonchev–Trinajstić information content (AvgIpc) is 2.58. The fraction of sp³-hybridized carbons (Fsp3) is 0.222. The van der Waals surface area contributed by atoms with E-state index < -0.39 is 12.0 Å². The zero-order valence-electron chi connectivity index (χ0n) is 13.9. The number of nitrogens with one attached hydrogen (secondary N) is 2. The summed E-state index contributed by atoms with van der Waals surface area (Å²) in [6.07, 6.45) is -0.718. The van der Waals surface area contributed by atoms with Gasteiger partial charge >= 0.3 is 0 Å². The maximum absolute atomic E-state index is 12.3. The molecule has 2 rings (SSSR count). The molecule has 0 spiro atoms. The van der Waals surface area contributed by atoms with Crippen LogP contribution in [0.5, 0.6) is 5.75 Å². The number of hydrogen-bond donors (Lipinski definition) is 3. The predicted molar refractivity (Wildman–Crippen MR) is 92.7 cm³/mol. The summed E-state index contributed by atoms with van der Waals surface area (Å²) in [6.45, 7) is 5.55. The third-order valence-electron chi connectivity index (χ3n) is 3.79. The Morgan fingerprint density at radius 1 is 1.08 bits per heavy atom. The summed E-state index contributed by atoms with van der Waals surface area (Å²) in [5.41, 5.74) is 5.46. The van der Waals surface area contributed by atoms with Crippen molar-refractivity contribution in [2.24, 2.45) is 5.84 Å². The average molecular weight is 327 g/mol. The molecule has 0 aliphatic rings. The first-order valence-electron chi connectivity index (χ1n) is 7.57. The zero-order chi connectivity index (χ0) is 17.7. The first-order valence-corrected chi connectivity index (χ1v) is 7.57. The third kappa shape index (κ3) is 4.11. The molecule has 0 saturated carbocycles. The lowest BCUT2D eigenvalue weighted by Crippen LogP contribution is -2.40. The van der Waals surface area contributed by atoms with Crippen LogP contribution < -0.4 is 21.3 Å². The Hall–Kier alpha value is -2.86. The molecule has 0 fully saturated rings. The van der Waals surface area contributed by atoms with E-state index in [4.69, 9.17) is 10.6 Å². The minimum atomic E-state index is -0.718. The summed E-state index contributed by atoms with van der Waals surface area (Å²) < 4.78 is 5.43. The third-order valence-corrected chi connectivity index (χ3v) is 3.79. The van der Waals surface area contributed by atoms with Gasteiger partial charge < -0.3 is 10.1 Å². The van der Waals surface area contributed by atoms with Crippen LogP contribution in [0.25, 0.3) is 0 Å². The van der Waals surface area contributed by atoms with Crippen LogP contribution in [0, 0.1) is 13.8 Å². The minimum Gasteiger partial charge on any atom is -0.481 e. The van der Waals surface area contributed by atoms with Gasteiger partial charge in [0.05, 0.1) is 0 Å². The molecule has 0 aromatic heterocycles. The van der Waals surface area contributed by atoms with E-state index in [-0.39, 0.29) is 5.91 Å². The van der Waals surface area contributed by atoms with Crippen LogP contribution in [0.1, 0.15) is 28.4 Å². The van der Waals surface area contributed by atoms with Gasteiger partial charge in [-0.25, -0.2) is 5.84 Å². The largest absolute Gasteiger partial charge is 0.481 e. The first-order chi connectivity index (χ1) is 11.4. The van der Waals surface area contributed by atoms with Crippen molar-refractivity contribution in [2.45, 2.75) is 26.9 Å². The fourth-order valence-corrected chi connectivity index (χ4v) is 2.14. The van der Waals surface area contributed by atoms with E-state index in [0.717, 1.165) is 16.8 Å². The molecule has 24 heavy (non-hydrogen) atoms. The van der Waals surface area contributed by atoms with Gasteiger partial charge in [0, 0.05) is 11.3 Å². The summed E-state index contributed by atoms with van der Waals surface area (Å²) in [5, 5.41) is 2.89. The second-order valence-corrected chi connectivity index (χ2v) is 5.49. The van der Waals surface area contributed by atoms with Gasteiger partial charge in [-0.15, -0.1) is 0 Å². The molecule has 0 unspecified atom stereocenters. The molecule has 0 aliphatic heterocycles. The number of ether oxygens (including phenoxy) is 1. The summed E-state index contributed by atoms with van der Waals surface area (Å²) in [5.74, 6) is 4.91. The van der Waals surface area contributed by atoms with Crippen LogP contribution in [-0.2, 0) is 4.79 Å². The second kappa shape index (κ2) is 7.61. The van der Waals surface area contributed by atoms with Crippen molar-refractivity contribution in [2.75, 3.05) is 5.32 Å². The molecule has 2 aromatic rings. The molecule has 126 valence electrons. The first kappa shape index (κ1) is 17.5. The lowest BCUT2D eigenvalue weighted by Gasteiger charge is -2.13. The van der Waals surface area contributed by atoms with Crippen LogP contribution in [0.3, 0.4) is 0 Å². The van der Waals surface area contributed by atoms with Crippen molar-refractivity contribution < 1.29 is 14.3 Å². The highest BCUT2D eigenvalue weighted by Gasteiger charge is 2.13. The van der Waals surface area contributed by atoms with Crippen molar-refractivity contribution >= 4 is 17.5 Å². The quantitative estimate of drug-likeness (QED) is 0.446. The lowest BCUT2D eigenvalue weighted by atomic mass is 10.1. The fourth-order valence-electron chi connectivity index (χ4n) is 2.14. The molecule has 0 radical (unpaired) electrons. The molecule has 2 amide bonds. The number of nitrogens with two attached hydrogens (primary N) is 1. The van der Waals surface area contributed by atoms with E-state index >= 15 is 0 Å². The Labute approximate surface area is 141 Å². The monoisotopic (exact) mass is 327 g/mol. The number of aryl methyl sites for hydroxylation is 1. The Balaban J connectivity index is 2.06. The number of carbonyl (C=O) groups is 2. The normalized spacial score (nSPS) is 11.5. The highest BCUT2D eigenvalue weighted by molar-refractivity contribution is 6.04. The van der Waals surface area contributed by atoms with Crippen LogP contribution in [-0.4, -0.2) is 17.9 Å². The molecule has 0 aliphatic carbocycles. The van der Waals surface area contributed by atoms with Gasteiger partial charge in [-0.3, -0.25) is 15.0 Å². The van der Waals surface area contributed by atoms with Gasteiger partial charge in [-0.2, -0.15) is 0 Å². The van der Waals surface area contributed by atoms with Crippen LogP contribution >= 0.6 is 0 Å². The van der Waals surface area contributed by atoms with Crippen LogP contribution in [0.2, 0.25) is 0 Å². The van der Waals surface area contributed by atoms with Crippen molar-refractivity contribution in [3.63, 3.8) is 0 Å². The number of rotatable bonds is 5. The van der Waals surface area contributed by atoms with Gasteiger partial charge in [0.2, 0.25) is 0 Å². The van der Waals surface area contributed by atoms with Crippen molar-refractivity contribution in [3.05, 3.63) is 59.2 Å². The van der Waals surface area contributed by atoms with E-state index in [0.29, 0.717) is 11.3 Å². The van der Waals surface area contributed by atoms with E-state index in [1.165, 1.54) is 0 Å². The highest BCUT2D eigenvalue weighted by atomic mass is 16.5. The number of hydrazine groups is 1. The van der Waals surface area contributed by atoms with Gasteiger partial charge in [0.15, 0.2) is 6.10 Å². The Bertz CT molecular complexity index is 742. The Morgan fingerprint density at radius 2 is 1.75 bits per heavy atom. The predicted octanol–water partition coefficient (Wildman–Crippen LogP) is 2.31. The number of amides is 2. The van der Waals surface area contributed by atoms with E-state index in [1.807, 2.05) is 37.5 Å². The van der Waals surface area contributed by atoms with Gasteiger partial charge in [-0.1, -0.05) is 12.1 Å². The van der Waals surface area contributed by atoms with Gasteiger partial charge in [0.1, 0.15) is 5.75 Å². The SMILES string of the molecule is Cc1cccc(NC(=O)c2ccc(O[C@H](C)C(=O)NN)cc2)c1C. The number of hydrogen-bond acceptors (Lipinski definition) is 4. The summed E-state index contributed by atoms with van der Waals surface area (Å²) in [6, 6.07) is 12.3. The molecule has 6 nitrogen and oxygen atoms in total.